The summed E-state index contributed by atoms with van der Waals surface area (Å²) >= 11 is 0. The van der Waals surface area contributed by atoms with Crippen molar-refractivity contribution < 1.29 is 4.52 Å². The first-order chi connectivity index (χ1) is 6.75. The number of nitrogens with zero attached hydrogens (tertiary/aromatic N) is 3. The van der Waals surface area contributed by atoms with E-state index in [1.165, 1.54) is 0 Å². The molecule has 5 heteroatoms. The van der Waals surface area contributed by atoms with Crippen molar-refractivity contribution in [2.24, 2.45) is 0 Å². The van der Waals surface area contributed by atoms with Crippen LogP contribution in [0.2, 0.25) is 0 Å². The van der Waals surface area contributed by atoms with Crippen LogP contribution in [0.5, 0.6) is 0 Å². The molecule has 2 heterocycles. The third-order valence-electron chi connectivity index (χ3n) is 2.55. The van der Waals surface area contributed by atoms with Gasteiger partial charge in [-0.3, -0.25) is 4.90 Å². The Morgan fingerprint density at radius 3 is 3.14 bits per heavy atom. The average molecular weight is 196 g/mol. The summed E-state index contributed by atoms with van der Waals surface area (Å²) in [5, 5.41) is 7.25. The molecule has 5 nitrogen and oxygen atoms in total. The molecule has 2 rings (SSSR count). The van der Waals surface area contributed by atoms with Crippen molar-refractivity contribution in [3.8, 4) is 0 Å². The molecule has 0 bridgehead atoms. The normalized spacial score (nSPS) is 24.0. The summed E-state index contributed by atoms with van der Waals surface area (Å²) in [6.45, 7) is 7.95. The second-order valence-electron chi connectivity index (χ2n) is 3.75. The predicted molar refractivity (Wildman–Crippen MR) is 51.8 cm³/mol. The predicted octanol–water partition coefficient (Wildman–Crippen LogP) is 0.172. The third kappa shape index (κ3) is 2.10. The van der Waals surface area contributed by atoms with Crippen molar-refractivity contribution in [2.75, 3.05) is 19.6 Å². The first kappa shape index (κ1) is 9.61. The highest BCUT2D eigenvalue weighted by molar-refractivity contribution is 4.87. The molecule has 78 valence electrons. The van der Waals surface area contributed by atoms with Crippen LogP contribution in [0.3, 0.4) is 0 Å². The highest BCUT2D eigenvalue weighted by Gasteiger charge is 2.19. The number of nitrogens with one attached hydrogen (secondary N) is 1. The van der Waals surface area contributed by atoms with E-state index in [2.05, 4.69) is 27.3 Å². The fraction of sp³-hybridized carbons (Fsp3) is 0.778. The second-order valence-corrected chi connectivity index (χ2v) is 3.75. The van der Waals surface area contributed by atoms with Crippen molar-refractivity contribution in [1.82, 2.24) is 20.4 Å². The zero-order chi connectivity index (χ0) is 9.97. The maximum atomic E-state index is 4.94. The lowest BCUT2D eigenvalue weighted by Gasteiger charge is -2.32. The van der Waals surface area contributed by atoms with Crippen LogP contribution < -0.4 is 5.32 Å². The molecule has 0 aromatic carbocycles. The Kier molecular flexibility index (Phi) is 2.79. The SMILES string of the molecule is Cc1nc(CN2CCNC[C@@H]2C)no1. The van der Waals surface area contributed by atoms with E-state index in [0.29, 0.717) is 11.9 Å². The molecule has 1 aliphatic heterocycles. The van der Waals surface area contributed by atoms with Crippen molar-refractivity contribution in [3.05, 3.63) is 11.7 Å². The van der Waals surface area contributed by atoms with Crippen LogP contribution in [-0.2, 0) is 6.54 Å². The Labute approximate surface area is 83.5 Å². The Balaban J connectivity index is 1.95. The molecule has 0 spiro atoms. The number of hydrogen-bond acceptors (Lipinski definition) is 5. The van der Waals surface area contributed by atoms with Gasteiger partial charge in [0.15, 0.2) is 5.82 Å². The monoisotopic (exact) mass is 196 g/mol. The zero-order valence-corrected chi connectivity index (χ0v) is 8.66. The van der Waals surface area contributed by atoms with Crippen molar-refractivity contribution >= 4 is 0 Å². The molecule has 0 unspecified atom stereocenters. The second kappa shape index (κ2) is 4.06. The summed E-state index contributed by atoms with van der Waals surface area (Å²) in [4.78, 5) is 6.56. The molecule has 0 amide bonds. The quantitative estimate of drug-likeness (QED) is 0.731. The lowest BCUT2D eigenvalue weighted by atomic mass is 10.2. The fourth-order valence-corrected chi connectivity index (χ4v) is 1.71. The zero-order valence-electron chi connectivity index (χ0n) is 8.66. The summed E-state index contributed by atoms with van der Waals surface area (Å²) in [7, 11) is 0. The van der Waals surface area contributed by atoms with Crippen LogP contribution in [-0.4, -0.2) is 40.7 Å². The van der Waals surface area contributed by atoms with E-state index < -0.39 is 0 Å². The molecule has 0 radical (unpaired) electrons. The van der Waals surface area contributed by atoms with Gasteiger partial charge in [0.05, 0.1) is 6.54 Å². The van der Waals surface area contributed by atoms with Gasteiger partial charge in [0.2, 0.25) is 5.89 Å². The molecule has 1 saturated heterocycles. The van der Waals surface area contributed by atoms with Gasteiger partial charge < -0.3 is 9.84 Å². The molecule has 0 aliphatic carbocycles. The molecule has 1 aromatic rings. The van der Waals surface area contributed by atoms with Gasteiger partial charge in [-0.15, -0.1) is 0 Å². The van der Waals surface area contributed by atoms with Crippen LogP contribution in [0.25, 0.3) is 0 Å². The maximum absolute atomic E-state index is 4.94. The van der Waals surface area contributed by atoms with Gasteiger partial charge in [0.1, 0.15) is 0 Å². The van der Waals surface area contributed by atoms with Gasteiger partial charge in [-0.05, 0) is 6.92 Å². The van der Waals surface area contributed by atoms with Crippen LogP contribution in [0.1, 0.15) is 18.6 Å². The number of rotatable bonds is 2. The molecule has 1 aromatic heterocycles. The standard InChI is InChI=1S/C9H16N4O/c1-7-5-10-3-4-13(7)6-9-11-8(2)14-12-9/h7,10H,3-6H2,1-2H3/t7-/m0/s1. The minimum atomic E-state index is 0.544. The van der Waals surface area contributed by atoms with Crippen LogP contribution in [0.4, 0.5) is 0 Å². The number of aryl methyl sites for hydroxylation is 1. The van der Waals surface area contributed by atoms with E-state index >= 15 is 0 Å². The Hall–Kier alpha value is -0.940. The molecule has 1 atom stereocenters. The van der Waals surface area contributed by atoms with E-state index in [9.17, 15) is 0 Å². The highest BCUT2D eigenvalue weighted by Crippen LogP contribution is 2.07. The van der Waals surface area contributed by atoms with Crippen molar-refractivity contribution in [1.29, 1.82) is 0 Å². The van der Waals surface area contributed by atoms with E-state index in [1.54, 1.807) is 0 Å². The summed E-state index contributed by atoms with van der Waals surface area (Å²) in [5.41, 5.74) is 0. The number of aromatic nitrogens is 2. The molecule has 0 saturated carbocycles. The fourth-order valence-electron chi connectivity index (χ4n) is 1.71. The van der Waals surface area contributed by atoms with E-state index in [0.717, 1.165) is 32.0 Å². The van der Waals surface area contributed by atoms with E-state index in [-0.39, 0.29) is 0 Å². The van der Waals surface area contributed by atoms with Gasteiger partial charge in [-0.2, -0.15) is 4.98 Å². The van der Waals surface area contributed by atoms with Gasteiger partial charge in [0.25, 0.3) is 0 Å². The van der Waals surface area contributed by atoms with Crippen molar-refractivity contribution in [2.45, 2.75) is 26.4 Å². The number of piperazine rings is 1. The molecule has 14 heavy (non-hydrogen) atoms. The first-order valence-electron chi connectivity index (χ1n) is 4.99. The minimum Gasteiger partial charge on any atom is -0.340 e. The van der Waals surface area contributed by atoms with Crippen LogP contribution >= 0.6 is 0 Å². The first-order valence-corrected chi connectivity index (χ1v) is 4.99. The summed E-state index contributed by atoms with van der Waals surface area (Å²) in [6, 6.07) is 0.544. The molecule has 1 N–H and O–H groups in total. The average Bonchev–Trinajstić information content (AvgIpc) is 2.56. The summed E-state index contributed by atoms with van der Waals surface area (Å²) in [6.07, 6.45) is 0. The Bertz CT molecular complexity index is 299. The lowest BCUT2D eigenvalue weighted by molar-refractivity contribution is 0.160. The van der Waals surface area contributed by atoms with E-state index in [4.69, 9.17) is 4.52 Å². The molecule has 1 fully saturated rings. The molecular weight excluding hydrogens is 180 g/mol. The maximum Gasteiger partial charge on any atom is 0.223 e. The van der Waals surface area contributed by atoms with Gasteiger partial charge in [-0.25, -0.2) is 0 Å². The summed E-state index contributed by atoms with van der Waals surface area (Å²) in [5.74, 6) is 1.43. The highest BCUT2D eigenvalue weighted by atomic mass is 16.5. The minimum absolute atomic E-state index is 0.544. The van der Waals surface area contributed by atoms with Gasteiger partial charge >= 0.3 is 0 Å². The Morgan fingerprint density at radius 1 is 1.64 bits per heavy atom. The Morgan fingerprint density at radius 2 is 2.50 bits per heavy atom. The van der Waals surface area contributed by atoms with Gasteiger partial charge in [0, 0.05) is 32.6 Å². The van der Waals surface area contributed by atoms with Gasteiger partial charge in [-0.1, -0.05) is 5.16 Å². The molecular formula is C9H16N4O. The largest absolute Gasteiger partial charge is 0.340 e. The van der Waals surface area contributed by atoms with Crippen LogP contribution in [0.15, 0.2) is 4.52 Å². The van der Waals surface area contributed by atoms with E-state index in [1.807, 2.05) is 6.92 Å². The summed E-state index contributed by atoms with van der Waals surface area (Å²) < 4.78 is 4.94. The number of hydrogen-bond donors (Lipinski definition) is 1. The molecule has 1 aliphatic rings. The third-order valence-corrected chi connectivity index (χ3v) is 2.55. The van der Waals surface area contributed by atoms with Crippen LogP contribution in [0, 0.1) is 6.92 Å². The topological polar surface area (TPSA) is 54.2 Å². The lowest BCUT2D eigenvalue weighted by Crippen LogP contribution is -2.49. The van der Waals surface area contributed by atoms with Crippen molar-refractivity contribution in [3.63, 3.8) is 0 Å². The smallest absolute Gasteiger partial charge is 0.223 e.